The van der Waals surface area contributed by atoms with Gasteiger partial charge in [-0.2, -0.15) is 13.2 Å². The van der Waals surface area contributed by atoms with Crippen LogP contribution in [-0.4, -0.2) is 24.1 Å². The van der Waals surface area contributed by atoms with Crippen LogP contribution in [0.5, 0.6) is 5.75 Å². The van der Waals surface area contributed by atoms with Gasteiger partial charge in [0.2, 0.25) is 0 Å². The van der Waals surface area contributed by atoms with Crippen molar-refractivity contribution in [2.45, 2.75) is 52.4 Å². The van der Waals surface area contributed by atoms with Crippen molar-refractivity contribution in [3.05, 3.63) is 89.0 Å². The molecule has 0 saturated carbocycles. The first kappa shape index (κ1) is 27.8. The van der Waals surface area contributed by atoms with Gasteiger partial charge < -0.3 is 14.8 Å². The summed E-state index contributed by atoms with van der Waals surface area (Å²) in [5.41, 5.74) is 1.13. The number of ether oxygens (including phenoxy) is 2. The van der Waals surface area contributed by atoms with E-state index in [9.17, 15) is 22.8 Å². The largest absolute Gasteiger partial charge is 0.476 e. The molecule has 37 heavy (non-hydrogen) atoms. The molecule has 3 rings (SSSR count). The fourth-order valence-electron chi connectivity index (χ4n) is 3.73. The molecule has 1 N–H and O–H groups in total. The van der Waals surface area contributed by atoms with Crippen molar-refractivity contribution in [1.29, 1.82) is 0 Å². The molecule has 8 heteroatoms. The molecule has 0 aliphatic heterocycles. The smallest absolute Gasteiger partial charge is 0.416 e. The Morgan fingerprint density at radius 2 is 1.62 bits per heavy atom. The van der Waals surface area contributed by atoms with Gasteiger partial charge in [-0.3, -0.25) is 4.79 Å². The molecule has 3 aromatic carbocycles. The van der Waals surface area contributed by atoms with Gasteiger partial charge in [-0.25, -0.2) is 4.79 Å². The molecule has 0 bridgehead atoms. The van der Waals surface area contributed by atoms with Gasteiger partial charge in [-0.05, 0) is 87.2 Å². The number of benzene rings is 3. The number of carbonyl (C=O) groups excluding carboxylic acids is 2. The monoisotopic (exact) mass is 513 g/mol. The molecule has 0 aliphatic rings. The quantitative estimate of drug-likeness (QED) is 0.333. The highest BCUT2D eigenvalue weighted by molar-refractivity contribution is 5.95. The van der Waals surface area contributed by atoms with Gasteiger partial charge in [-0.15, -0.1) is 0 Å². The van der Waals surface area contributed by atoms with Gasteiger partial charge in [0.05, 0.1) is 18.2 Å². The van der Waals surface area contributed by atoms with E-state index in [-0.39, 0.29) is 18.6 Å². The highest BCUT2D eigenvalue weighted by Gasteiger charge is 2.32. The minimum Gasteiger partial charge on any atom is -0.476 e. The number of hydrogen-bond donors (Lipinski definition) is 1. The Morgan fingerprint density at radius 3 is 2.22 bits per heavy atom. The molecule has 196 valence electrons. The molecule has 0 fully saturated rings. The number of carbonyl (C=O) groups is 2. The van der Waals surface area contributed by atoms with Crippen LogP contribution in [0.25, 0.3) is 11.1 Å². The van der Waals surface area contributed by atoms with E-state index in [1.165, 1.54) is 6.07 Å². The Kier molecular flexibility index (Phi) is 8.31. The van der Waals surface area contributed by atoms with Crippen LogP contribution in [0.2, 0.25) is 0 Å². The summed E-state index contributed by atoms with van der Waals surface area (Å²) in [4.78, 5) is 24.9. The molecule has 5 nitrogen and oxygen atoms in total. The van der Waals surface area contributed by atoms with E-state index in [1.807, 2.05) is 26.0 Å². The minimum absolute atomic E-state index is 0.259. The van der Waals surface area contributed by atoms with E-state index in [0.29, 0.717) is 22.4 Å². The van der Waals surface area contributed by atoms with Crippen molar-refractivity contribution in [2.24, 2.45) is 0 Å². The van der Waals surface area contributed by atoms with Crippen LogP contribution < -0.4 is 10.1 Å². The lowest BCUT2D eigenvalue weighted by Crippen LogP contribution is -2.39. The van der Waals surface area contributed by atoms with E-state index in [1.54, 1.807) is 57.2 Å². The van der Waals surface area contributed by atoms with E-state index >= 15 is 0 Å². The maximum atomic E-state index is 13.0. The summed E-state index contributed by atoms with van der Waals surface area (Å²) in [5, 5.41) is 2.93. The molecular weight excluding hydrogens is 483 g/mol. The second-order valence-corrected chi connectivity index (χ2v) is 9.21. The van der Waals surface area contributed by atoms with Crippen LogP contribution in [0.4, 0.5) is 13.2 Å². The van der Waals surface area contributed by atoms with Crippen molar-refractivity contribution in [3.63, 3.8) is 0 Å². The first-order valence-electron chi connectivity index (χ1n) is 11.9. The number of rotatable bonds is 8. The van der Waals surface area contributed by atoms with E-state index in [0.717, 1.165) is 23.3 Å². The summed E-state index contributed by atoms with van der Waals surface area (Å²) in [7, 11) is 0. The molecule has 0 radical (unpaired) electrons. The summed E-state index contributed by atoms with van der Waals surface area (Å²) >= 11 is 0. The Morgan fingerprint density at radius 1 is 0.946 bits per heavy atom. The molecule has 1 atom stereocenters. The van der Waals surface area contributed by atoms with Crippen molar-refractivity contribution in [2.75, 3.05) is 6.61 Å². The average molecular weight is 514 g/mol. The van der Waals surface area contributed by atoms with Crippen LogP contribution in [0.1, 0.15) is 60.8 Å². The molecule has 0 spiro atoms. The maximum Gasteiger partial charge on any atom is 0.416 e. The zero-order chi connectivity index (χ0) is 27.4. The number of amides is 1. The number of halogens is 3. The lowest BCUT2D eigenvalue weighted by Gasteiger charge is -2.25. The predicted octanol–water partition coefficient (Wildman–Crippen LogP) is 6.89. The summed E-state index contributed by atoms with van der Waals surface area (Å²) < 4.78 is 50.0. The summed E-state index contributed by atoms with van der Waals surface area (Å²) in [6, 6.07) is 16.6. The molecular formula is C29H30F3NO4. The fourth-order valence-corrected chi connectivity index (χ4v) is 3.73. The molecule has 3 aromatic rings. The van der Waals surface area contributed by atoms with Gasteiger partial charge in [0, 0.05) is 5.56 Å². The van der Waals surface area contributed by atoms with E-state index in [2.05, 4.69) is 5.32 Å². The lowest BCUT2D eigenvalue weighted by atomic mass is 10.0. The van der Waals surface area contributed by atoms with Crippen LogP contribution >= 0.6 is 0 Å². The first-order chi connectivity index (χ1) is 17.3. The summed E-state index contributed by atoms with van der Waals surface area (Å²) in [6.07, 6.45) is -4.42. The minimum atomic E-state index is -4.42. The van der Waals surface area contributed by atoms with Crippen molar-refractivity contribution in [3.8, 4) is 16.9 Å². The van der Waals surface area contributed by atoms with Crippen LogP contribution in [0, 0.1) is 6.92 Å². The molecule has 1 unspecified atom stereocenters. The van der Waals surface area contributed by atoms with Gasteiger partial charge in [0.15, 0.2) is 5.60 Å². The normalized spacial score (nSPS) is 12.5. The highest BCUT2D eigenvalue weighted by atomic mass is 19.4. The fraction of sp³-hybridized carbons (Fsp3) is 0.310. The maximum absolute atomic E-state index is 13.0. The van der Waals surface area contributed by atoms with Crippen LogP contribution in [0.15, 0.2) is 66.7 Å². The van der Waals surface area contributed by atoms with Crippen LogP contribution in [0.3, 0.4) is 0 Å². The van der Waals surface area contributed by atoms with Crippen molar-refractivity contribution < 1.29 is 32.2 Å². The zero-order valence-corrected chi connectivity index (χ0v) is 21.4. The third-order valence-corrected chi connectivity index (χ3v) is 5.85. The SMILES string of the molecule is CCOC(=O)C(C)(C)Oc1ccc(C(C)NC(=O)c2ccc(-c3cccc(C(F)(F)F)c3)cc2)cc1C. The van der Waals surface area contributed by atoms with Gasteiger partial charge >= 0.3 is 12.1 Å². The molecule has 0 aliphatic carbocycles. The Hall–Kier alpha value is -3.81. The molecule has 0 saturated heterocycles. The third-order valence-electron chi connectivity index (χ3n) is 5.85. The Bertz CT molecular complexity index is 1270. The van der Waals surface area contributed by atoms with E-state index < -0.39 is 23.3 Å². The van der Waals surface area contributed by atoms with Gasteiger partial charge in [0.25, 0.3) is 5.91 Å². The topological polar surface area (TPSA) is 64.6 Å². The Balaban J connectivity index is 1.68. The summed E-state index contributed by atoms with van der Waals surface area (Å²) in [6.45, 7) is 8.95. The van der Waals surface area contributed by atoms with Crippen LogP contribution in [-0.2, 0) is 15.7 Å². The van der Waals surface area contributed by atoms with Crippen molar-refractivity contribution >= 4 is 11.9 Å². The lowest BCUT2D eigenvalue weighted by molar-refractivity contribution is -0.158. The number of aryl methyl sites for hydroxylation is 1. The number of alkyl halides is 3. The Labute approximate surface area is 214 Å². The van der Waals surface area contributed by atoms with E-state index in [4.69, 9.17) is 9.47 Å². The zero-order valence-electron chi connectivity index (χ0n) is 21.4. The molecule has 1 amide bonds. The average Bonchev–Trinajstić information content (AvgIpc) is 2.85. The van der Waals surface area contributed by atoms with Gasteiger partial charge in [0.1, 0.15) is 5.75 Å². The highest BCUT2D eigenvalue weighted by Crippen LogP contribution is 2.32. The first-order valence-corrected chi connectivity index (χ1v) is 11.9. The number of nitrogens with one attached hydrogen (secondary N) is 1. The third kappa shape index (κ3) is 6.90. The van der Waals surface area contributed by atoms with Crippen molar-refractivity contribution in [1.82, 2.24) is 5.32 Å². The molecule has 0 heterocycles. The second kappa shape index (κ2) is 11.1. The number of esters is 1. The van der Waals surface area contributed by atoms with Gasteiger partial charge in [-0.1, -0.05) is 36.4 Å². The second-order valence-electron chi connectivity index (χ2n) is 9.21. The predicted molar refractivity (Wildman–Crippen MR) is 135 cm³/mol. The summed E-state index contributed by atoms with van der Waals surface area (Å²) in [5.74, 6) is -0.242. The standard InChI is InChI=1S/C29H30F3NO4/c1-6-36-27(35)28(4,5)37-25-15-14-22(16-18(25)2)19(3)33-26(34)21-12-10-20(11-13-21)23-8-7-9-24(17-23)29(30,31)32/h7-17,19H,6H2,1-5H3,(H,33,34). The number of hydrogen-bond acceptors (Lipinski definition) is 4. The molecule has 0 aromatic heterocycles.